The standard InChI is InChI=1S/C16H20N2O4S2/c1-9-5-10(2)12(4)15(11(9)3)24(21,22)17-6-13(7-17)18-14(19)8-23-16(18)20/h5,13H,6-8H2,1-4H3. The van der Waals surface area contributed by atoms with Crippen LogP contribution < -0.4 is 0 Å². The number of sulfonamides is 1. The Morgan fingerprint density at radius 3 is 2.04 bits per heavy atom. The van der Waals surface area contributed by atoms with Crippen molar-refractivity contribution in [3.63, 3.8) is 0 Å². The Morgan fingerprint density at radius 2 is 1.58 bits per heavy atom. The zero-order valence-electron chi connectivity index (χ0n) is 14.1. The van der Waals surface area contributed by atoms with Gasteiger partial charge in [0.25, 0.3) is 5.24 Å². The van der Waals surface area contributed by atoms with E-state index in [0.717, 1.165) is 34.0 Å². The highest BCUT2D eigenvalue weighted by molar-refractivity contribution is 8.14. The fourth-order valence-electron chi connectivity index (χ4n) is 3.19. The second-order valence-corrected chi connectivity index (χ2v) is 9.19. The van der Waals surface area contributed by atoms with Gasteiger partial charge >= 0.3 is 0 Å². The van der Waals surface area contributed by atoms with Gasteiger partial charge < -0.3 is 0 Å². The maximum atomic E-state index is 13.0. The van der Waals surface area contributed by atoms with Gasteiger partial charge in [-0.15, -0.1) is 0 Å². The molecule has 2 amide bonds. The van der Waals surface area contributed by atoms with Gasteiger partial charge in [0.2, 0.25) is 15.9 Å². The molecule has 0 radical (unpaired) electrons. The largest absolute Gasteiger partial charge is 0.289 e. The first-order valence-corrected chi connectivity index (χ1v) is 10.1. The van der Waals surface area contributed by atoms with Crippen molar-refractivity contribution in [1.29, 1.82) is 0 Å². The molecule has 24 heavy (non-hydrogen) atoms. The van der Waals surface area contributed by atoms with Crippen LogP contribution in [0.4, 0.5) is 4.79 Å². The first-order valence-electron chi connectivity index (χ1n) is 7.71. The first kappa shape index (κ1) is 17.4. The Kier molecular flexibility index (Phi) is 4.26. The minimum atomic E-state index is -3.63. The predicted octanol–water partition coefficient (Wildman–Crippen LogP) is 1.99. The Bertz CT molecular complexity index is 800. The van der Waals surface area contributed by atoms with Crippen LogP contribution in [0.5, 0.6) is 0 Å². The third-order valence-corrected chi connectivity index (χ3v) is 7.81. The Morgan fingerprint density at radius 1 is 1.04 bits per heavy atom. The summed E-state index contributed by atoms with van der Waals surface area (Å²) in [6.45, 7) is 7.78. The lowest BCUT2D eigenvalue weighted by Crippen LogP contribution is -2.62. The van der Waals surface area contributed by atoms with Gasteiger partial charge in [-0.25, -0.2) is 8.42 Å². The number of carbonyl (C=O) groups is 2. The molecule has 0 saturated carbocycles. The molecule has 1 aromatic rings. The number of imide groups is 1. The minimum Gasteiger partial charge on any atom is -0.273 e. The molecular weight excluding hydrogens is 348 g/mol. The van der Waals surface area contributed by atoms with Gasteiger partial charge in [0, 0.05) is 13.1 Å². The van der Waals surface area contributed by atoms with Crippen molar-refractivity contribution < 1.29 is 18.0 Å². The number of rotatable bonds is 3. The van der Waals surface area contributed by atoms with E-state index in [1.165, 1.54) is 9.21 Å². The van der Waals surface area contributed by atoms with Gasteiger partial charge in [0.1, 0.15) is 0 Å². The molecule has 0 N–H and O–H groups in total. The van der Waals surface area contributed by atoms with E-state index in [1.807, 2.05) is 33.8 Å². The van der Waals surface area contributed by atoms with Crippen molar-refractivity contribution in [2.45, 2.75) is 38.6 Å². The maximum absolute atomic E-state index is 13.0. The molecule has 0 aliphatic carbocycles. The van der Waals surface area contributed by atoms with Crippen molar-refractivity contribution in [2.24, 2.45) is 0 Å². The summed E-state index contributed by atoms with van der Waals surface area (Å²) in [5.41, 5.74) is 3.39. The molecule has 0 spiro atoms. The Hall–Kier alpha value is -1.38. The van der Waals surface area contributed by atoms with Crippen molar-refractivity contribution >= 4 is 32.9 Å². The molecule has 130 valence electrons. The van der Waals surface area contributed by atoms with Gasteiger partial charge in [-0.3, -0.25) is 14.5 Å². The highest BCUT2D eigenvalue weighted by Gasteiger charge is 2.46. The zero-order valence-corrected chi connectivity index (χ0v) is 15.8. The van der Waals surface area contributed by atoms with E-state index in [-0.39, 0.29) is 36.0 Å². The van der Waals surface area contributed by atoms with E-state index in [1.54, 1.807) is 0 Å². The number of thioether (sulfide) groups is 1. The van der Waals surface area contributed by atoms with Crippen molar-refractivity contribution in [2.75, 3.05) is 18.8 Å². The van der Waals surface area contributed by atoms with Crippen LogP contribution in [-0.4, -0.2) is 53.7 Å². The van der Waals surface area contributed by atoms with E-state index in [9.17, 15) is 18.0 Å². The molecule has 3 rings (SSSR count). The molecule has 0 aromatic heterocycles. The number of hydrogen-bond donors (Lipinski definition) is 0. The summed E-state index contributed by atoms with van der Waals surface area (Å²) in [6, 6.07) is 1.64. The molecule has 2 aliphatic heterocycles. The lowest BCUT2D eigenvalue weighted by atomic mass is 10.0. The van der Waals surface area contributed by atoms with E-state index < -0.39 is 10.0 Å². The quantitative estimate of drug-likeness (QED) is 0.816. The monoisotopic (exact) mass is 368 g/mol. The number of aryl methyl sites for hydroxylation is 2. The van der Waals surface area contributed by atoms with Gasteiger partial charge in [0.15, 0.2) is 0 Å². The molecule has 0 atom stereocenters. The Labute approximate surface area is 146 Å². The third-order valence-electron chi connectivity index (χ3n) is 4.87. The predicted molar refractivity (Wildman–Crippen MR) is 92.6 cm³/mol. The second-order valence-electron chi connectivity index (χ2n) is 6.38. The van der Waals surface area contributed by atoms with Gasteiger partial charge in [-0.05, 0) is 49.9 Å². The number of benzene rings is 1. The molecular formula is C16H20N2O4S2. The fraction of sp³-hybridized carbons (Fsp3) is 0.500. The van der Waals surface area contributed by atoms with E-state index in [2.05, 4.69) is 0 Å². The average molecular weight is 368 g/mol. The average Bonchev–Trinajstić information content (AvgIpc) is 2.75. The van der Waals surface area contributed by atoms with Gasteiger partial charge in [-0.1, -0.05) is 17.8 Å². The van der Waals surface area contributed by atoms with Crippen LogP contribution in [0.15, 0.2) is 11.0 Å². The smallest absolute Gasteiger partial charge is 0.273 e. The van der Waals surface area contributed by atoms with Crippen LogP contribution in [-0.2, 0) is 14.8 Å². The topological polar surface area (TPSA) is 74.8 Å². The summed E-state index contributed by atoms with van der Waals surface area (Å²) in [5.74, 6) is -0.0806. The first-order chi connectivity index (χ1) is 11.1. The summed E-state index contributed by atoms with van der Waals surface area (Å²) >= 11 is 0.974. The summed E-state index contributed by atoms with van der Waals surface area (Å²) in [5, 5.41) is -0.277. The second kappa shape index (κ2) is 5.86. The van der Waals surface area contributed by atoms with E-state index >= 15 is 0 Å². The van der Waals surface area contributed by atoms with Crippen molar-refractivity contribution in [3.8, 4) is 0 Å². The van der Waals surface area contributed by atoms with E-state index in [4.69, 9.17) is 0 Å². The number of carbonyl (C=O) groups excluding carboxylic acids is 2. The number of nitrogens with zero attached hydrogens (tertiary/aromatic N) is 2. The minimum absolute atomic E-state index is 0.150. The molecule has 0 bridgehead atoms. The summed E-state index contributed by atoms with van der Waals surface area (Å²) < 4.78 is 27.4. The molecule has 6 nitrogen and oxygen atoms in total. The SMILES string of the molecule is Cc1cc(C)c(C)c(S(=O)(=O)N2CC(N3C(=O)CSC3=O)C2)c1C. The highest BCUT2D eigenvalue weighted by atomic mass is 32.2. The van der Waals surface area contributed by atoms with Crippen LogP contribution >= 0.6 is 11.8 Å². The molecule has 1 aromatic carbocycles. The van der Waals surface area contributed by atoms with Gasteiger partial charge in [-0.2, -0.15) is 4.31 Å². The maximum Gasteiger partial charge on any atom is 0.289 e. The zero-order chi connectivity index (χ0) is 17.8. The summed E-state index contributed by atoms with van der Waals surface area (Å²) in [6.07, 6.45) is 0. The van der Waals surface area contributed by atoms with Crippen LogP contribution in [0.1, 0.15) is 22.3 Å². The number of hydrogen-bond acceptors (Lipinski definition) is 5. The highest BCUT2D eigenvalue weighted by Crippen LogP contribution is 2.33. The van der Waals surface area contributed by atoms with E-state index in [0.29, 0.717) is 4.90 Å². The van der Waals surface area contributed by atoms with Crippen molar-refractivity contribution in [1.82, 2.24) is 9.21 Å². The summed E-state index contributed by atoms with van der Waals surface area (Å²) in [7, 11) is -3.63. The normalized spacial score (nSPS) is 19.9. The molecule has 2 aliphatic rings. The molecule has 2 saturated heterocycles. The Balaban J connectivity index is 1.87. The van der Waals surface area contributed by atoms with Crippen LogP contribution in [0, 0.1) is 27.7 Å². The fourth-order valence-corrected chi connectivity index (χ4v) is 6.06. The lowest BCUT2D eigenvalue weighted by molar-refractivity contribution is -0.127. The van der Waals surface area contributed by atoms with Crippen LogP contribution in [0.25, 0.3) is 0 Å². The van der Waals surface area contributed by atoms with Crippen LogP contribution in [0.2, 0.25) is 0 Å². The summed E-state index contributed by atoms with van der Waals surface area (Å²) in [4.78, 5) is 25.1. The third kappa shape index (κ3) is 2.57. The molecule has 2 fully saturated rings. The molecule has 2 heterocycles. The van der Waals surface area contributed by atoms with Crippen molar-refractivity contribution in [3.05, 3.63) is 28.3 Å². The van der Waals surface area contributed by atoms with Gasteiger partial charge in [0.05, 0.1) is 16.7 Å². The molecule has 0 unspecified atom stereocenters. The lowest BCUT2D eigenvalue weighted by Gasteiger charge is -2.42. The van der Waals surface area contributed by atoms with Crippen LogP contribution in [0.3, 0.4) is 0 Å². The molecule has 8 heteroatoms. The number of amides is 2.